The van der Waals surface area contributed by atoms with Gasteiger partial charge >= 0.3 is 0 Å². The van der Waals surface area contributed by atoms with Crippen LogP contribution in [0, 0.1) is 11.8 Å². The predicted octanol–water partition coefficient (Wildman–Crippen LogP) is 2.53. The van der Waals surface area contributed by atoms with E-state index in [9.17, 15) is 0 Å². The molecule has 1 heterocycles. The van der Waals surface area contributed by atoms with E-state index in [1.54, 1.807) is 0 Å². The highest BCUT2D eigenvalue weighted by Gasteiger charge is 2.22. The van der Waals surface area contributed by atoms with E-state index < -0.39 is 0 Å². The first-order chi connectivity index (χ1) is 6.27. The van der Waals surface area contributed by atoms with Crippen LogP contribution in [-0.2, 0) is 0 Å². The fraction of sp³-hybridized carbons (Fsp3) is 1.00. The largest absolute Gasteiger partial charge is 0.345 e. The molecule has 1 nitrogen and oxygen atoms in total. The Morgan fingerprint density at radius 1 is 1.31 bits per heavy atom. The smallest absolute Gasteiger partial charge is 0.203 e. The minimum Gasteiger partial charge on any atom is -0.345 e. The van der Waals surface area contributed by atoms with Gasteiger partial charge in [-0.15, -0.1) is 0 Å². The van der Waals surface area contributed by atoms with Gasteiger partial charge in [-0.2, -0.15) is 0 Å². The molecule has 0 amide bonds. The first-order valence-corrected chi connectivity index (χ1v) is 6.00. The maximum absolute atomic E-state index is 2.62. The van der Waals surface area contributed by atoms with Crippen molar-refractivity contribution in [1.82, 2.24) is 4.81 Å². The third-order valence-electron chi connectivity index (χ3n) is 3.62. The van der Waals surface area contributed by atoms with Crippen molar-refractivity contribution in [1.29, 1.82) is 0 Å². The molecule has 1 rings (SSSR count). The molecule has 1 aliphatic rings. The molecule has 1 atom stereocenters. The second-order valence-corrected chi connectivity index (χ2v) is 4.56. The zero-order valence-electron chi connectivity index (χ0n) is 9.55. The van der Waals surface area contributed by atoms with Crippen LogP contribution < -0.4 is 0 Å². The van der Waals surface area contributed by atoms with Gasteiger partial charge in [0.25, 0.3) is 0 Å². The minimum absolute atomic E-state index is 0.948. The lowest BCUT2D eigenvalue weighted by Gasteiger charge is -2.34. The topological polar surface area (TPSA) is 3.24 Å². The van der Waals surface area contributed by atoms with Crippen molar-refractivity contribution in [2.45, 2.75) is 46.4 Å². The molecule has 0 saturated carbocycles. The van der Waals surface area contributed by atoms with Gasteiger partial charge in [0, 0.05) is 0 Å². The third-order valence-corrected chi connectivity index (χ3v) is 3.62. The summed E-state index contributed by atoms with van der Waals surface area (Å²) in [5.74, 6) is 1.96. The molecule has 1 saturated heterocycles. The number of piperidine rings is 1. The van der Waals surface area contributed by atoms with Crippen molar-refractivity contribution >= 4 is 7.41 Å². The first kappa shape index (κ1) is 11.1. The predicted molar refractivity (Wildman–Crippen MR) is 61.4 cm³/mol. The Labute approximate surface area is 84.2 Å². The van der Waals surface area contributed by atoms with E-state index in [2.05, 4.69) is 25.6 Å². The highest BCUT2D eigenvalue weighted by atomic mass is 15.0. The summed E-state index contributed by atoms with van der Waals surface area (Å²) >= 11 is 0. The molecule has 0 aromatic heterocycles. The van der Waals surface area contributed by atoms with Gasteiger partial charge in [-0.3, -0.25) is 0 Å². The van der Waals surface area contributed by atoms with Gasteiger partial charge in [-0.25, -0.2) is 0 Å². The standard InChI is InChI=1S/C11H24BN/c1-4-10(3)11-6-8-13(9-7-11)12-5-2/h10-12H,4-9H2,1-3H3. The molecule has 0 aromatic carbocycles. The molecule has 1 unspecified atom stereocenters. The van der Waals surface area contributed by atoms with Crippen LogP contribution in [-0.4, -0.2) is 25.3 Å². The molecule has 2 heteroatoms. The third kappa shape index (κ3) is 3.34. The van der Waals surface area contributed by atoms with Crippen LogP contribution in [0.25, 0.3) is 0 Å². The van der Waals surface area contributed by atoms with Crippen molar-refractivity contribution in [2.24, 2.45) is 11.8 Å². The van der Waals surface area contributed by atoms with E-state index in [0.717, 1.165) is 11.8 Å². The maximum Gasteiger partial charge on any atom is 0.203 e. The molecule has 76 valence electrons. The maximum atomic E-state index is 2.62. The summed E-state index contributed by atoms with van der Waals surface area (Å²) in [7, 11) is 1.31. The second kappa shape index (κ2) is 5.69. The summed E-state index contributed by atoms with van der Waals surface area (Å²) in [6.45, 7) is 9.72. The Morgan fingerprint density at radius 2 is 1.92 bits per heavy atom. The number of nitrogens with zero attached hydrogens (tertiary/aromatic N) is 1. The summed E-state index contributed by atoms with van der Waals surface area (Å²) < 4.78 is 0. The fourth-order valence-electron chi connectivity index (χ4n) is 2.40. The van der Waals surface area contributed by atoms with Crippen LogP contribution in [0.2, 0.25) is 6.32 Å². The zero-order chi connectivity index (χ0) is 9.68. The van der Waals surface area contributed by atoms with Crippen LogP contribution in [0.3, 0.4) is 0 Å². The quantitative estimate of drug-likeness (QED) is 0.602. The summed E-state index contributed by atoms with van der Waals surface area (Å²) in [5, 5.41) is 0. The normalized spacial score (nSPS) is 23.0. The van der Waals surface area contributed by atoms with Gasteiger partial charge < -0.3 is 4.81 Å². The van der Waals surface area contributed by atoms with Crippen molar-refractivity contribution in [3.05, 3.63) is 0 Å². The number of hydrogen-bond acceptors (Lipinski definition) is 1. The summed E-state index contributed by atoms with van der Waals surface area (Å²) in [6, 6.07) is 0. The summed E-state index contributed by atoms with van der Waals surface area (Å²) in [4.78, 5) is 2.62. The molecule has 0 spiro atoms. The molecule has 1 fully saturated rings. The summed E-state index contributed by atoms with van der Waals surface area (Å²) in [5.41, 5.74) is 0. The Morgan fingerprint density at radius 3 is 2.38 bits per heavy atom. The van der Waals surface area contributed by atoms with Gasteiger partial charge in [-0.05, 0) is 37.8 Å². The van der Waals surface area contributed by atoms with E-state index >= 15 is 0 Å². The molecule has 0 aromatic rings. The van der Waals surface area contributed by atoms with E-state index in [1.807, 2.05) is 0 Å². The lowest BCUT2D eigenvalue weighted by atomic mass is 9.79. The van der Waals surface area contributed by atoms with Crippen LogP contribution in [0.15, 0.2) is 0 Å². The number of hydrogen-bond donors (Lipinski definition) is 0. The van der Waals surface area contributed by atoms with Crippen molar-refractivity contribution in [3.63, 3.8) is 0 Å². The second-order valence-electron chi connectivity index (χ2n) is 4.56. The molecular formula is C11H24BN. The van der Waals surface area contributed by atoms with Crippen LogP contribution in [0.5, 0.6) is 0 Å². The van der Waals surface area contributed by atoms with Crippen LogP contribution in [0.1, 0.15) is 40.0 Å². The van der Waals surface area contributed by atoms with E-state index in [1.165, 1.54) is 46.1 Å². The zero-order valence-corrected chi connectivity index (χ0v) is 9.55. The molecule has 0 aliphatic carbocycles. The average Bonchev–Trinajstić information content (AvgIpc) is 2.18. The van der Waals surface area contributed by atoms with Crippen molar-refractivity contribution in [2.75, 3.05) is 13.1 Å². The summed E-state index contributed by atoms with van der Waals surface area (Å²) in [6.07, 6.45) is 5.55. The van der Waals surface area contributed by atoms with Gasteiger partial charge in [-0.1, -0.05) is 33.5 Å². The SMILES string of the molecule is CCBN1CCC(C(C)CC)CC1. The van der Waals surface area contributed by atoms with E-state index in [-0.39, 0.29) is 0 Å². The molecule has 0 N–H and O–H groups in total. The van der Waals surface area contributed by atoms with Gasteiger partial charge in [0.15, 0.2) is 0 Å². The molecule has 1 aliphatic heterocycles. The van der Waals surface area contributed by atoms with Crippen LogP contribution in [0.4, 0.5) is 0 Å². The Kier molecular flexibility index (Phi) is 4.86. The Bertz CT molecular complexity index is 130. The van der Waals surface area contributed by atoms with Gasteiger partial charge in [0.2, 0.25) is 7.41 Å². The minimum atomic E-state index is 0.948. The monoisotopic (exact) mass is 181 g/mol. The van der Waals surface area contributed by atoms with E-state index in [4.69, 9.17) is 0 Å². The van der Waals surface area contributed by atoms with E-state index in [0.29, 0.717) is 0 Å². The Balaban J connectivity index is 2.22. The fourth-order valence-corrected chi connectivity index (χ4v) is 2.40. The average molecular weight is 181 g/mol. The van der Waals surface area contributed by atoms with Crippen molar-refractivity contribution in [3.8, 4) is 0 Å². The lowest BCUT2D eigenvalue weighted by Crippen LogP contribution is -2.37. The van der Waals surface area contributed by atoms with Crippen LogP contribution >= 0.6 is 0 Å². The first-order valence-electron chi connectivity index (χ1n) is 6.00. The molecular weight excluding hydrogens is 157 g/mol. The highest BCUT2D eigenvalue weighted by molar-refractivity contribution is 6.31. The molecule has 0 radical (unpaired) electrons. The lowest BCUT2D eigenvalue weighted by molar-refractivity contribution is 0.214. The molecule has 0 bridgehead atoms. The van der Waals surface area contributed by atoms with Gasteiger partial charge in [0.05, 0.1) is 0 Å². The highest BCUT2D eigenvalue weighted by Crippen LogP contribution is 2.26. The number of rotatable bonds is 4. The molecule has 13 heavy (non-hydrogen) atoms. The van der Waals surface area contributed by atoms with Gasteiger partial charge in [0.1, 0.15) is 0 Å². The Hall–Kier alpha value is 0.0249. The van der Waals surface area contributed by atoms with Crippen molar-refractivity contribution < 1.29 is 0 Å².